The van der Waals surface area contributed by atoms with Crippen LogP contribution in [0.5, 0.6) is 0 Å². The average molecular weight is 488 g/mol. The van der Waals surface area contributed by atoms with Crippen LogP contribution in [0.3, 0.4) is 0 Å². The third kappa shape index (κ3) is 29.3. The zero-order chi connectivity index (χ0) is 25.5. The fourth-order valence-electron chi connectivity index (χ4n) is 4.86. The zero-order valence-electron chi connectivity index (χ0n) is 24.5. The maximum Gasteiger partial charge on any atom is -0.00235 e. The Kier molecular flexibility index (Phi) is 30.5. The molecule has 0 aliphatic carbocycles. The predicted molar refractivity (Wildman–Crippen MR) is 162 cm³/mol. The Bertz CT molecular complexity index is 461. The smallest absolute Gasteiger partial charge is 0.00235 e. The summed E-state index contributed by atoms with van der Waals surface area (Å²) in [5.41, 5.74) is 0. The molecule has 1 N–H and O–H groups in total. The highest BCUT2D eigenvalue weighted by Crippen LogP contribution is 2.19. The van der Waals surface area contributed by atoms with E-state index in [4.69, 9.17) is 0 Å². The van der Waals surface area contributed by atoms with Gasteiger partial charge in [0, 0.05) is 0 Å². The van der Waals surface area contributed by atoms with E-state index in [0.29, 0.717) is 0 Å². The largest absolute Gasteiger partial charge is 0.319 e. The number of rotatable bonds is 28. The third-order valence-corrected chi connectivity index (χ3v) is 7.16. The summed E-state index contributed by atoms with van der Waals surface area (Å²) in [6, 6.07) is 0. The van der Waals surface area contributed by atoms with Crippen molar-refractivity contribution < 1.29 is 0 Å². The van der Waals surface area contributed by atoms with Gasteiger partial charge in [-0.3, -0.25) is 0 Å². The molecule has 0 radical (unpaired) electrons. The number of nitrogens with one attached hydrogen (secondary N) is 1. The van der Waals surface area contributed by atoms with Crippen LogP contribution in [0.15, 0.2) is 36.5 Å². The summed E-state index contributed by atoms with van der Waals surface area (Å²) in [5, 5.41) is 3.45. The fraction of sp³-hybridized carbons (Fsp3) is 0.824. The van der Waals surface area contributed by atoms with Crippen molar-refractivity contribution in [2.45, 2.75) is 162 Å². The minimum Gasteiger partial charge on any atom is -0.319 e. The maximum absolute atomic E-state index is 3.45. The van der Waals surface area contributed by atoms with Gasteiger partial charge in [0.05, 0.1) is 0 Å². The van der Waals surface area contributed by atoms with Gasteiger partial charge in [-0.2, -0.15) is 0 Å². The Morgan fingerprint density at radius 3 is 1.37 bits per heavy atom. The number of hydrogen-bond donors (Lipinski definition) is 1. The molecule has 0 saturated heterocycles. The molecular weight excluding hydrogens is 422 g/mol. The van der Waals surface area contributed by atoms with Gasteiger partial charge in [0.15, 0.2) is 0 Å². The lowest BCUT2D eigenvalue weighted by molar-refractivity contribution is 0.391. The van der Waals surface area contributed by atoms with E-state index < -0.39 is 0 Å². The van der Waals surface area contributed by atoms with Gasteiger partial charge in [-0.25, -0.2) is 0 Å². The minimum absolute atomic E-state index is 0.898. The second-order valence-corrected chi connectivity index (χ2v) is 10.8. The molecule has 1 heteroatoms. The SMILES string of the molecule is CCC/C=C\CCCCCCCCC(CCCCCCCC/C=C\C/C=C\CCCCC)CNC. The summed E-state index contributed by atoms with van der Waals surface area (Å²) in [6.07, 6.45) is 45.6. The Balaban J connectivity index is 3.49. The van der Waals surface area contributed by atoms with Crippen LogP contribution in [0.25, 0.3) is 0 Å². The van der Waals surface area contributed by atoms with Crippen molar-refractivity contribution in [1.82, 2.24) is 5.32 Å². The lowest BCUT2D eigenvalue weighted by Crippen LogP contribution is -2.18. The van der Waals surface area contributed by atoms with Crippen molar-refractivity contribution in [2.24, 2.45) is 5.92 Å². The van der Waals surface area contributed by atoms with Gasteiger partial charge in [0.1, 0.15) is 0 Å². The van der Waals surface area contributed by atoms with Crippen LogP contribution in [0.4, 0.5) is 0 Å². The van der Waals surface area contributed by atoms with Gasteiger partial charge in [0.2, 0.25) is 0 Å². The molecule has 1 atom stereocenters. The van der Waals surface area contributed by atoms with Gasteiger partial charge in [-0.05, 0) is 83.7 Å². The van der Waals surface area contributed by atoms with Crippen LogP contribution < -0.4 is 5.32 Å². The van der Waals surface area contributed by atoms with Crippen LogP contribution in [0, 0.1) is 5.92 Å². The molecule has 1 nitrogen and oxygen atoms in total. The van der Waals surface area contributed by atoms with E-state index in [1.165, 1.54) is 148 Å². The predicted octanol–water partition coefficient (Wildman–Crippen LogP) is 11.5. The fourth-order valence-corrected chi connectivity index (χ4v) is 4.86. The van der Waals surface area contributed by atoms with E-state index in [9.17, 15) is 0 Å². The van der Waals surface area contributed by atoms with Crippen molar-refractivity contribution in [2.75, 3.05) is 13.6 Å². The van der Waals surface area contributed by atoms with E-state index in [0.717, 1.165) is 12.3 Å². The Morgan fingerprint density at radius 2 is 0.886 bits per heavy atom. The first kappa shape index (κ1) is 34.2. The molecule has 0 aliphatic heterocycles. The molecule has 35 heavy (non-hydrogen) atoms. The Morgan fingerprint density at radius 1 is 0.457 bits per heavy atom. The molecular formula is C34H65N. The summed E-state index contributed by atoms with van der Waals surface area (Å²) in [6.45, 7) is 5.74. The van der Waals surface area contributed by atoms with Crippen LogP contribution >= 0.6 is 0 Å². The standard InChI is InChI=1S/C34H65N/c1-4-6-8-10-12-14-16-17-18-19-20-22-24-26-28-30-32-34(33-35-3)31-29-27-25-23-21-15-13-11-9-7-5-2/h9,11-12,14,17-18,34-35H,4-8,10,13,15-16,19-33H2,1-3H3/b11-9-,14-12-,18-17-. The molecule has 0 aromatic carbocycles. The Labute approximate surface area is 222 Å². The first-order valence-corrected chi connectivity index (χ1v) is 15.9. The topological polar surface area (TPSA) is 12.0 Å². The molecule has 1 unspecified atom stereocenters. The zero-order valence-corrected chi connectivity index (χ0v) is 24.5. The quantitative estimate of drug-likeness (QED) is 0.0854. The van der Waals surface area contributed by atoms with Gasteiger partial charge in [0.25, 0.3) is 0 Å². The van der Waals surface area contributed by atoms with Gasteiger partial charge < -0.3 is 5.32 Å². The molecule has 0 spiro atoms. The second kappa shape index (κ2) is 31.2. The molecule has 0 heterocycles. The second-order valence-electron chi connectivity index (χ2n) is 10.8. The van der Waals surface area contributed by atoms with Gasteiger partial charge in [-0.1, -0.05) is 134 Å². The molecule has 0 aromatic heterocycles. The summed E-state index contributed by atoms with van der Waals surface area (Å²) >= 11 is 0. The van der Waals surface area contributed by atoms with E-state index in [-0.39, 0.29) is 0 Å². The van der Waals surface area contributed by atoms with E-state index in [1.54, 1.807) is 0 Å². The highest BCUT2D eigenvalue weighted by molar-refractivity contribution is 4.92. The lowest BCUT2D eigenvalue weighted by atomic mass is 9.94. The highest BCUT2D eigenvalue weighted by Gasteiger charge is 2.07. The van der Waals surface area contributed by atoms with E-state index >= 15 is 0 Å². The summed E-state index contributed by atoms with van der Waals surface area (Å²) in [4.78, 5) is 0. The molecule has 0 aromatic rings. The Hall–Kier alpha value is -0.820. The van der Waals surface area contributed by atoms with E-state index in [2.05, 4.69) is 62.7 Å². The summed E-state index contributed by atoms with van der Waals surface area (Å²) in [7, 11) is 2.13. The van der Waals surface area contributed by atoms with Crippen molar-refractivity contribution in [3.8, 4) is 0 Å². The molecule has 0 bridgehead atoms. The first-order valence-electron chi connectivity index (χ1n) is 15.9. The lowest BCUT2D eigenvalue weighted by Gasteiger charge is -2.16. The molecule has 0 aliphatic rings. The maximum atomic E-state index is 3.45. The molecule has 0 rings (SSSR count). The van der Waals surface area contributed by atoms with Gasteiger partial charge >= 0.3 is 0 Å². The molecule has 206 valence electrons. The van der Waals surface area contributed by atoms with Crippen molar-refractivity contribution in [3.63, 3.8) is 0 Å². The number of unbranched alkanes of at least 4 members (excludes halogenated alkanes) is 16. The number of hydrogen-bond acceptors (Lipinski definition) is 1. The summed E-state index contributed by atoms with van der Waals surface area (Å²) in [5.74, 6) is 0.898. The first-order chi connectivity index (χ1) is 17.3. The van der Waals surface area contributed by atoms with Crippen LogP contribution in [0.2, 0.25) is 0 Å². The van der Waals surface area contributed by atoms with E-state index in [1.807, 2.05) is 0 Å². The van der Waals surface area contributed by atoms with Crippen molar-refractivity contribution in [1.29, 1.82) is 0 Å². The minimum atomic E-state index is 0.898. The third-order valence-electron chi connectivity index (χ3n) is 7.16. The van der Waals surface area contributed by atoms with Crippen molar-refractivity contribution in [3.05, 3.63) is 36.5 Å². The monoisotopic (exact) mass is 488 g/mol. The van der Waals surface area contributed by atoms with Gasteiger partial charge in [-0.15, -0.1) is 0 Å². The van der Waals surface area contributed by atoms with Crippen LogP contribution in [-0.2, 0) is 0 Å². The molecule has 0 fully saturated rings. The highest BCUT2D eigenvalue weighted by atomic mass is 14.8. The number of allylic oxidation sites excluding steroid dienone is 6. The van der Waals surface area contributed by atoms with Crippen LogP contribution in [0.1, 0.15) is 162 Å². The average Bonchev–Trinajstić information content (AvgIpc) is 2.86. The molecule has 0 saturated carbocycles. The van der Waals surface area contributed by atoms with Crippen LogP contribution in [-0.4, -0.2) is 13.6 Å². The van der Waals surface area contributed by atoms with Crippen molar-refractivity contribution >= 4 is 0 Å². The molecule has 0 amide bonds. The summed E-state index contributed by atoms with van der Waals surface area (Å²) < 4.78 is 0. The normalized spacial score (nSPS) is 13.1.